The summed E-state index contributed by atoms with van der Waals surface area (Å²) >= 11 is 0. The number of hydrogen-bond acceptors (Lipinski definition) is 1. The highest BCUT2D eigenvalue weighted by Gasteiger charge is 2.32. The lowest BCUT2D eigenvalue weighted by molar-refractivity contribution is -0.128. The molecule has 3 rings (SSSR count). The van der Waals surface area contributed by atoms with Crippen molar-refractivity contribution in [2.45, 2.75) is 31.2 Å². The Morgan fingerprint density at radius 3 is 2.36 bits per heavy atom. The summed E-state index contributed by atoms with van der Waals surface area (Å²) in [6.07, 6.45) is 3.30. The van der Waals surface area contributed by atoms with Gasteiger partial charge in [0.25, 0.3) is 0 Å². The van der Waals surface area contributed by atoms with Crippen molar-refractivity contribution >= 4 is 5.91 Å². The Morgan fingerprint density at radius 1 is 1.14 bits per heavy atom. The third-order valence-corrected chi connectivity index (χ3v) is 3.11. The van der Waals surface area contributed by atoms with Crippen LogP contribution in [0.3, 0.4) is 0 Å². The molecular formula is C12H13NO. The van der Waals surface area contributed by atoms with Crippen molar-refractivity contribution in [1.29, 1.82) is 0 Å². The summed E-state index contributed by atoms with van der Waals surface area (Å²) in [5, 5.41) is 2.94. The molecule has 0 radical (unpaired) electrons. The first kappa shape index (κ1) is 8.04. The van der Waals surface area contributed by atoms with Crippen LogP contribution in [0.4, 0.5) is 0 Å². The smallest absolute Gasteiger partial charge is 0.222 e. The molecule has 1 heterocycles. The number of rotatable bonds is 2. The van der Waals surface area contributed by atoms with Gasteiger partial charge in [-0.15, -0.1) is 0 Å². The number of amides is 1. The van der Waals surface area contributed by atoms with Crippen molar-refractivity contribution in [3.05, 3.63) is 35.4 Å². The van der Waals surface area contributed by atoms with Gasteiger partial charge in [-0.3, -0.25) is 4.79 Å². The molecule has 1 aliphatic carbocycles. The maximum absolute atomic E-state index is 10.9. The van der Waals surface area contributed by atoms with E-state index in [-0.39, 0.29) is 5.91 Å². The zero-order chi connectivity index (χ0) is 9.54. The molecule has 0 spiro atoms. The van der Waals surface area contributed by atoms with E-state index in [4.69, 9.17) is 0 Å². The molecule has 0 aromatic heterocycles. The van der Waals surface area contributed by atoms with Gasteiger partial charge in [-0.25, -0.2) is 0 Å². The lowest BCUT2D eigenvalue weighted by atomic mass is 9.91. The number of hydrogen-bond donors (Lipinski definition) is 1. The molecule has 1 N–H and O–H groups in total. The molecule has 1 saturated heterocycles. The van der Waals surface area contributed by atoms with Gasteiger partial charge in [0.1, 0.15) is 0 Å². The minimum absolute atomic E-state index is 0.181. The fourth-order valence-corrected chi connectivity index (χ4v) is 2.14. The SMILES string of the molecule is O=C1CC(c2ccccc2C2CC2)N1. The standard InChI is InChI=1S/C12H13NO/c14-12-7-11(13-12)10-4-2-1-3-9(10)8-5-6-8/h1-4,8,11H,5-7H2,(H,13,14). The van der Waals surface area contributed by atoms with Crippen LogP contribution in [-0.4, -0.2) is 5.91 Å². The van der Waals surface area contributed by atoms with Crippen molar-refractivity contribution in [3.8, 4) is 0 Å². The van der Waals surface area contributed by atoms with Crippen molar-refractivity contribution < 1.29 is 4.79 Å². The molecule has 14 heavy (non-hydrogen) atoms. The van der Waals surface area contributed by atoms with Gasteiger partial charge in [0.05, 0.1) is 12.5 Å². The largest absolute Gasteiger partial charge is 0.349 e. The van der Waals surface area contributed by atoms with E-state index in [0.29, 0.717) is 12.5 Å². The average Bonchev–Trinajstić information content (AvgIpc) is 2.96. The molecule has 1 aliphatic heterocycles. The summed E-state index contributed by atoms with van der Waals surface area (Å²) in [7, 11) is 0. The minimum Gasteiger partial charge on any atom is -0.349 e. The lowest BCUT2D eigenvalue weighted by Gasteiger charge is -2.29. The third kappa shape index (κ3) is 1.22. The maximum atomic E-state index is 10.9. The molecule has 2 heteroatoms. The van der Waals surface area contributed by atoms with Crippen LogP contribution in [0.25, 0.3) is 0 Å². The van der Waals surface area contributed by atoms with Crippen molar-refractivity contribution in [1.82, 2.24) is 5.32 Å². The summed E-state index contributed by atoms with van der Waals surface area (Å²) in [4.78, 5) is 10.9. The number of carbonyl (C=O) groups is 1. The highest BCUT2D eigenvalue weighted by molar-refractivity contribution is 5.83. The Hall–Kier alpha value is -1.31. The predicted octanol–water partition coefficient (Wildman–Crippen LogP) is 2.12. The van der Waals surface area contributed by atoms with Crippen molar-refractivity contribution in [2.75, 3.05) is 0 Å². The quantitative estimate of drug-likeness (QED) is 0.706. The molecule has 1 unspecified atom stereocenters. The van der Waals surface area contributed by atoms with Gasteiger partial charge >= 0.3 is 0 Å². The maximum Gasteiger partial charge on any atom is 0.222 e. The molecule has 2 fully saturated rings. The van der Waals surface area contributed by atoms with Gasteiger partial charge in [-0.1, -0.05) is 24.3 Å². The van der Waals surface area contributed by atoms with Gasteiger partial charge < -0.3 is 5.32 Å². The lowest BCUT2D eigenvalue weighted by Crippen LogP contribution is -2.41. The molecule has 72 valence electrons. The van der Waals surface area contributed by atoms with Crippen molar-refractivity contribution in [2.24, 2.45) is 0 Å². The highest BCUT2D eigenvalue weighted by atomic mass is 16.2. The second kappa shape index (κ2) is 2.84. The van der Waals surface area contributed by atoms with Gasteiger partial charge in [0.15, 0.2) is 0 Å². The van der Waals surface area contributed by atoms with E-state index >= 15 is 0 Å². The summed E-state index contributed by atoms with van der Waals surface area (Å²) < 4.78 is 0. The fourth-order valence-electron chi connectivity index (χ4n) is 2.14. The zero-order valence-corrected chi connectivity index (χ0v) is 7.99. The fraction of sp³-hybridized carbons (Fsp3) is 0.417. The van der Waals surface area contributed by atoms with E-state index < -0.39 is 0 Å². The molecule has 2 nitrogen and oxygen atoms in total. The molecule has 1 saturated carbocycles. The molecule has 1 aromatic rings. The van der Waals surface area contributed by atoms with Crippen LogP contribution < -0.4 is 5.32 Å². The Bertz CT molecular complexity index is 374. The van der Waals surface area contributed by atoms with Gasteiger partial charge in [0.2, 0.25) is 5.91 Å². The molecule has 1 amide bonds. The van der Waals surface area contributed by atoms with Crippen LogP contribution in [0.1, 0.15) is 42.3 Å². The van der Waals surface area contributed by atoms with Crippen LogP contribution in [0.5, 0.6) is 0 Å². The first-order valence-corrected chi connectivity index (χ1v) is 5.23. The van der Waals surface area contributed by atoms with E-state index in [1.54, 1.807) is 0 Å². The summed E-state index contributed by atoms with van der Waals surface area (Å²) in [5.74, 6) is 0.948. The number of benzene rings is 1. The van der Waals surface area contributed by atoms with Crippen molar-refractivity contribution in [3.63, 3.8) is 0 Å². The second-order valence-corrected chi connectivity index (χ2v) is 4.23. The molecule has 2 aliphatic rings. The molecule has 1 aromatic carbocycles. The van der Waals surface area contributed by atoms with Crippen LogP contribution in [-0.2, 0) is 4.79 Å². The topological polar surface area (TPSA) is 29.1 Å². The molecule has 1 atom stereocenters. The summed E-state index contributed by atoms with van der Waals surface area (Å²) in [5.41, 5.74) is 2.80. The number of nitrogens with one attached hydrogen (secondary N) is 1. The summed E-state index contributed by atoms with van der Waals surface area (Å²) in [6.45, 7) is 0. The van der Waals surface area contributed by atoms with E-state index in [9.17, 15) is 4.79 Å². The van der Waals surface area contributed by atoms with Crippen LogP contribution in [0.15, 0.2) is 24.3 Å². The van der Waals surface area contributed by atoms with E-state index in [0.717, 1.165) is 5.92 Å². The Morgan fingerprint density at radius 2 is 1.79 bits per heavy atom. The first-order chi connectivity index (χ1) is 6.84. The monoisotopic (exact) mass is 187 g/mol. The Labute approximate surface area is 83.3 Å². The van der Waals surface area contributed by atoms with Crippen LogP contribution in [0, 0.1) is 0 Å². The normalized spacial score (nSPS) is 25.4. The molecule has 0 bridgehead atoms. The minimum atomic E-state index is 0.181. The number of β-lactam (4-membered cyclic amide) rings is 1. The van der Waals surface area contributed by atoms with Crippen LogP contribution >= 0.6 is 0 Å². The molecular weight excluding hydrogens is 174 g/mol. The average molecular weight is 187 g/mol. The zero-order valence-electron chi connectivity index (χ0n) is 7.99. The van der Waals surface area contributed by atoms with Gasteiger partial charge in [0, 0.05) is 0 Å². The number of carbonyl (C=O) groups excluding carboxylic acids is 1. The Balaban J connectivity index is 1.91. The van der Waals surface area contributed by atoms with E-state index in [1.165, 1.54) is 24.0 Å². The summed E-state index contributed by atoms with van der Waals surface area (Å²) in [6, 6.07) is 8.80. The Kier molecular flexibility index (Phi) is 1.63. The highest BCUT2D eigenvalue weighted by Crippen LogP contribution is 2.44. The third-order valence-electron chi connectivity index (χ3n) is 3.11. The van der Waals surface area contributed by atoms with Gasteiger partial charge in [-0.05, 0) is 29.9 Å². The predicted molar refractivity (Wildman–Crippen MR) is 53.9 cm³/mol. The first-order valence-electron chi connectivity index (χ1n) is 5.23. The van der Waals surface area contributed by atoms with Crippen LogP contribution in [0.2, 0.25) is 0 Å². The van der Waals surface area contributed by atoms with Gasteiger partial charge in [-0.2, -0.15) is 0 Å². The second-order valence-electron chi connectivity index (χ2n) is 4.23. The van der Waals surface area contributed by atoms with E-state index in [2.05, 4.69) is 29.6 Å². The van der Waals surface area contributed by atoms with E-state index in [1.807, 2.05) is 0 Å².